The highest BCUT2D eigenvalue weighted by molar-refractivity contribution is 7.91. The van der Waals surface area contributed by atoms with Gasteiger partial charge in [-0.25, -0.2) is 21.2 Å². The molecule has 6 aliphatic carbocycles. The van der Waals surface area contributed by atoms with E-state index in [1.165, 1.54) is 29.2 Å². The Balaban J connectivity index is 1.02. The second-order valence-corrected chi connectivity index (χ2v) is 29.5. The molecule has 2 aliphatic heterocycles. The van der Waals surface area contributed by atoms with Crippen molar-refractivity contribution in [1.29, 1.82) is 0 Å². The molecular formula is C53H85FN3O7S2+. The number of rotatable bonds is 14. The number of carbonyl (C=O) groups excluding carboxylic acids is 2. The summed E-state index contributed by atoms with van der Waals surface area (Å²) in [6.07, 6.45) is 19.9. The van der Waals surface area contributed by atoms with Crippen molar-refractivity contribution in [2.24, 2.45) is 45.3 Å². The summed E-state index contributed by atoms with van der Waals surface area (Å²) in [5.41, 5.74) is 4.03. The van der Waals surface area contributed by atoms with E-state index in [-0.39, 0.29) is 43.6 Å². The van der Waals surface area contributed by atoms with Crippen LogP contribution in [0.25, 0.3) is 0 Å². The number of hydrogen-bond donors (Lipinski definition) is 1. The number of allylic oxidation sites excluding steroid dienone is 4. The monoisotopic (exact) mass is 959 g/mol. The largest absolute Gasteiger partial charge is 0.458 e. The molecule has 1 N–H and O–H groups in total. The Bertz CT molecular complexity index is 2220. The summed E-state index contributed by atoms with van der Waals surface area (Å²) >= 11 is 0. The van der Waals surface area contributed by atoms with Crippen LogP contribution in [0.5, 0.6) is 0 Å². The summed E-state index contributed by atoms with van der Waals surface area (Å²) in [5, 5.41) is 3.62. The van der Waals surface area contributed by atoms with Gasteiger partial charge in [-0.05, 0) is 151 Å². The zero-order valence-electron chi connectivity index (χ0n) is 42.1. The Kier molecular flexibility index (Phi) is 13.6. The van der Waals surface area contributed by atoms with E-state index >= 15 is 0 Å². The zero-order valence-corrected chi connectivity index (χ0v) is 43.7. The van der Waals surface area contributed by atoms with Gasteiger partial charge in [0.05, 0.1) is 36.7 Å². The maximum atomic E-state index is 14.5. The van der Waals surface area contributed by atoms with Crippen molar-refractivity contribution in [3.05, 3.63) is 34.4 Å². The number of hydrogen-bond acceptors (Lipinski definition) is 9. The number of likely N-dealkylation sites (tertiary alicyclic amines) is 2. The van der Waals surface area contributed by atoms with Crippen LogP contribution in [-0.2, 0) is 34.0 Å². The lowest BCUT2D eigenvalue weighted by molar-refractivity contribution is -0.930. The number of nitrogens with zero attached hydrogens (tertiary/aromatic N) is 2. The minimum atomic E-state index is -3.13. The minimum absolute atomic E-state index is 0.0371. The van der Waals surface area contributed by atoms with Crippen LogP contribution in [0.1, 0.15) is 145 Å². The van der Waals surface area contributed by atoms with Crippen LogP contribution in [0.15, 0.2) is 34.4 Å². The van der Waals surface area contributed by atoms with E-state index in [4.69, 9.17) is 4.74 Å². The van der Waals surface area contributed by atoms with Crippen molar-refractivity contribution in [2.45, 2.75) is 166 Å². The summed E-state index contributed by atoms with van der Waals surface area (Å²) in [5.74, 6) is 1.84. The van der Waals surface area contributed by atoms with Crippen LogP contribution in [-0.4, -0.2) is 132 Å². The number of ketones is 1. The molecule has 0 bridgehead atoms. The number of alkyl halides is 1. The molecule has 2 saturated heterocycles. The van der Waals surface area contributed by atoms with E-state index in [0.717, 1.165) is 114 Å². The Morgan fingerprint density at radius 3 is 2.09 bits per heavy atom. The third kappa shape index (κ3) is 8.50. The zero-order chi connectivity index (χ0) is 47.9. The van der Waals surface area contributed by atoms with Crippen LogP contribution >= 0.6 is 0 Å². The lowest BCUT2D eigenvalue weighted by Gasteiger charge is -2.71. The topological polar surface area (TPSA) is 127 Å². The summed E-state index contributed by atoms with van der Waals surface area (Å²) in [6, 6.07) is 0. The summed E-state index contributed by atoms with van der Waals surface area (Å²) in [7, 11) is -6.18. The Hall–Kier alpha value is -1.93. The van der Waals surface area contributed by atoms with Gasteiger partial charge in [0.1, 0.15) is 22.1 Å². The first kappa shape index (κ1) is 50.5. The van der Waals surface area contributed by atoms with Crippen molar-refractivity contribution >= 4 is 31.9 Å². The van der Waals surface area contributed by atoms with Crippen LogP contribution in [0.2, 0.25) is 0 Å². The third-order valence-electron chi connectivity index (χ3n) is 21.0. The van der Waals surface area contributed by atoms with Crippen LogP contribution in [0.4, 0.5) is 4.39 Å². The molecule has 8 aliphatic rings. The number of nitrogens with one attached hydrogen (secondary N) is 1. The van der Waals surface area contributed by atoms with Gasteiger partial charge in [-0.3, -0.25) is 14.5 Å². The first-order chi connectivity index (χ1) is 30.8. The van der Waals surface area contributed by atoms with E-state index < -0.39 is 32.0 Å². The van der Waals surface area contributed by atoms with Crippen LogP contribution in [0.3, 0.4) is 0 Å². The Labute approximate surface area is 398 Å². The van der Waals surface area contributed by atoms with Crippen molar-refractivity contribution in [1.82, 2.24) is 10.2 Å². The molecule has 0 spiro atoms. The average molecular weight is 959 g/mol. The van der Waals surface area contributed by atoms with Crippen LogP contribution < -0.4 is 5.32 Å². The number of carbonyl (C=O) groups is 2. The maximum absolute atomic E-state index is 14.5. The van der Waals surface area contributed by atoms with E-state index in [9.17, 15) is 30.8 Å². The van der Waals surface area contributed by atoms with Gasteiger partial charge in [0.15, 0.2) is 15.6 Å². The van der Waals surface area contributed by atoms with Gasteiger partial charge in [-0.2, -0.15) is 0 Å². The number of halogens is 1. The molecule has 8 rings (SSSR count). The molecular weight excluding hydrogens is 874 g/mol. The predicted octanol–water partition coefficient (Wildman–Crippen LogP) is 8.37. The molecule has 372 valence electrons. The standard InChI is InChI=1S/C53H85FN3O7S2/c1-37(2)46-43(59)34-53(55-26-32-57(30-18-40(19-31-57)66(9,62)63)33-29-56-27-16-39(17-28-56)65(8,60)61)25-24-50(6)42(47(46)53)10-11-45-49(5)20-14-41(48(3,4)44(49)15-21-51(45,50)7)38-12-22-52(35-54,23-13-38)64-36-58/h12,14,36-37,39-40,42,44-45,55H,10-11,13,15-35H2,1-9H3/q+1/t40?,42-,44+,45-,49+,50-,51-,52+,53-,57?/m1/s1. The van der Waals surface area contributed by atoms with Gasteiger partial charge in [-0.15, -0.1) is 0 Å². The predicted molar refractivity (Wildman–Crippen MR) is 261 cm³/mol. The number of sulfone groups is 2. The molecule has 0 aromatic carbocycles. The smallest absolute Gasteiger partial charge is 0.293 e. The first-order valence-electron chi connectivity index (χ1n) is 25.9. The number of Topliss-reactive ketones (excluding diaryl/α,β-unsaturated/α-hetero) is 1. The molecule has 13 heteroatoms. The van der Waals surface area contributed by atoms with Crippen molar-refractivity contribution in [3.63, 3.8) is 0 Å². The average Bonchev–Trinajstić information content (AvgIpc) is 3.55. The lowest BCUT2D eigenvalue weighted by Crippen LogP contribution is -2.66. The highest BCUT2D eigenvalue weighted by Crippen LogP contribution is 2.76. The van der Waals surface area contributed by atoms with Gasteiger partial charge in [0, 0.05) is 56.8 Å². The number of piperidine rings is 2. The molecule has 5 fully saturated rings. The third-order valence-corrected chi connectivity index (χ3v) is 24.4. The summed E-state index contributed by atoms with van der Waals surface area (Å²) < 4.78 is 70.3. The lowest BCUT2D eigenvalue weighted by atomic mass is 9.33. The van der Waals surface area contributed by atoms with Gasteiger partial charge in [0.25, 0.3) is 6.47 Å². The second kappa shape index (κ2) is 17.7. The Morgan fingerprint density at radius 2 is 1.50 bits per heavy atom. The maximum Gasteiger partial charge on any atom is 0.293 e. The molecule has 0 unspecified atom stereocenters. The molecule has 10 nitrogen and oxygen atoms in total. The SMILES string of the molecule is CC(C)C1=C2[C@H]3CC[C@@H]4[C@@]5(C)CC=C(C6=CC[C@](CF)(OC=O)CC6)C(C)(C)[C@@H]5CC[C@@]4(C)[C@]3(C)CC[C@@]2(NCC[N+]2(CCN3CCC(S(C)(=O)=O)CC3)CCC(S(C)(=O)=O)CC2)CC1=O. The first-order valence-corrected chi connectivity index (χ1v) is 29.8. The molecule has 0 amide bonds. The molecule has 8 atom stereocenters. The fourth-order valence-corrected chi connectivity index (χ4v) is 19.1. The fourth-order valence-electron chi connectivity index (χ4n) is 17.0. The van der Waals surface area contributed by atoms with E-state index in [0.29, 0.717) is 75.0 Å². The van der Waals surface area contributed by atoms with E-state index in [2.05, 4.69) is 70.8 Å². The van der Waals surface area contributed by atoms with E-state index in [1.807, 2.05) is 0 Å². The highest BCUT2D eigenvalue weighted by Gasteiger charge is 2.69. The fraction of sp³-hybridized carbons (Fsp3) is 0.849. The minimum Gasteiger partial charge on any atom is -0.458 e. The van der Waals surface area contributed by atoms with Crippen LogP contribution in [0, 0.1) is 45.3 Å². The molecule has 0 radical (unpaired) electrons. The molecule has 2 heterocycles. The molecule has 0 aromatic heterocycles. The van der Waals surface area contributed by atoms with Gasteiger partial charge >= 0.3 is 0 Å². The van der Waals surface area contributed by atoms with Gasteiger partial charge in [0.2, 0.25) is 0 Å². The number of ether oxygens (including phenoxy) is 1. The number of fused-ring (bicyclic) bond motifs is 7. The van der Waals surface area contributed by atoms with Crippen molar-refractivity contribution in [2.75, 3.05) is 71.5 Å². The number of quaternary nitrogens is 1. The molecule has 3 saturated carbocycles. The summed E-state index contributed by atoms with van der Waals surface area (Å²) in [6.45, 7) is 23.5. The highest BCUT2D eigenvalue weighted by atomic mass is 32.2. The van der Waals surface area contributed by atoms with Gasteiger partial charge in [-0.1, -0.05) is 60.6 Å². The van der Waals surface area contributed by atoms with Crippen molar-refractivity contribution < 1.29 is 40.0 Å². The second-order valence-electron chi connectivity index (χ2n) is 24.8. The summed E-state index contributed by atoms with van der Waals surface area (Å²) in [4.78, 5) is 28.1. The van der Waals surface area contributed by atoms with Gasteiger partial charge < -0.3 is 14.5 Å². The van der Waals surface area contributed by atoms with Crippen molar-refractivity contribution in [3.8, 4) is 0 Å². The Morgan fingerprint density at radius 1 is 0.833 bits per heavy atom. The quantitative estimate of drug-likeness (QED) is 0.135. The molecule has 0 aromatic rings. The normalized spacial score (nSPS) is 41.0. The van der Waals surface area contributed by atoms with E-state index in [1.54, 1.807) is 0 Å². The molecule has 66 heavy (non-hydrogen) atoms.